The summed E-state index contributed by atoms with van der Waals surface area (Å²) < 4.78 is 42.0. The number of aliphatic hydroxyl groups is 1. The van der Waals surface area contributed by atoms with Crippen molar-refractivity contribution in [3.63, 3.8) is 0 Å². The average molecular weight is 1190 g/mol. The summed E-state index contributed by atoms with van der Waals surface area (Å²) in [5.41, 5.74) is 3.29. The maximum Gasteiger partial charge on any atom is 0.347 e. The van der Waals surface area contributed by atoms with Crippen molar-refractivity contribution in [3.05, 3.63) is 176 Å². The summed E-state index contributed by atoms with van der Waals surface area (Å²) >= 11 is 0. The first kappa shape index (κ1) is 68.2. The Labute approximate surface area is 513 Å². The molecule has 4 aromatic carbocycles. The van der Waals surface area contributed by atoms with Gasteiger partial charge in [-0.05, 0) is 157 Å². The number of hydrogen-bond acceptors (Lipinski definition) is 15. The van der Waals surface area contributed by atoms with E-state index in [4.69, 9.17) is 33.2 Å². The number of fused-ring (bicyclic) bond motifs is 2. The molecule has 1 N–H and O–H groups in total. The van der Waals surface area contributed by atoms with Crippen molar-refractivity contribution in [1.82, 2.24) is 0 Å². The molecule has 4 aromatic rings. The van der Waals surface area contributed by atoms with Gasteiger partial charge in [-0.25, -0.2) is 24.0 Å². The molecule has 12 rings (SSSR count). The fraction of sp³-hybridized carbons (Fsp3) is 0.444. The second-order valence-electron chi connectivity index (χ2n) is 24.1. The third-order valence-electron chi connectivity index (χ3n) is 16.7. The van der Waals surface area contributed by atoms with E-state index in [-0.39, 0.29) is 59.8 Å². The Morgan fingerprint density at radius 2 is 1.28 bits per heavy atom. The molecule has 466 valence electrons. The van der Waals surface area contributed by atoms with Crippen LogP contribution in [0.25, 0.3) is 22.9 Å². The number of cyclic esters (lactones) is 1. The quantitative estimate of drug-likeness (QED) is 0.0481. The number of ether oxygens (including phenoxy) is 8. The summed E-state index contributed by atoms with van der Waals surface area (Å²) in [5, 5.41) is 13.1. The number of rotatable bonds is 16. The number of benzene rings is 4. The van der Waals surface area contributed by atoms with Gasteiger partial charge in [0.1, 0.15) is 29.2 Å². The molecule has 8 fully saturated rings. The molecule has 0 aromatic heterocycles. The molecule has 0 amide bonds. The van der Waals surface area contributed by atoms with Crippen molar-refractivity contribution < 1.29 is 71.8 Å². The maximum atomic E-state index is 11.7. The van der Waals surface area contributed by atoms with Gasteiger partial charge in [0.05, 0.1) is 18.1 Å². The van der Waals surface area contributed by atoms with E-state index in [0.29, 0.717) is 60.5 Å². The minimum Gasteiger partial charge on any atom is -0.465 e. The molecule has 6 saturated carbocycles. The van der Waals surface area contributed by atoms with Crippen molar-refractivity contribution in [2.75, 3.05) is 13.2 Å². The first-order valence-electron chi connectivity index (χ1n) is 30.0. The topological polar surface area (TPSA) is 196 Å². The van der Waals surface area contributed by atoms with Crippen LogP contribution < -0.4 is 4.74 Å². The molecule has 10 unspecified atom stereocenters. The van der Waals surface area contributed by atoms with Crippen LogP contribution in [0.15, 0.2) is 159 Å². The Balaban J connectivity index is 0.000000168. The highest BCUT2D eigenvalue weighted by Crippen LogP contribution is 2.59. The van der Waals surface area contributed by atoms with Crippen LogP contribution in [0.2, 0.25) is 0 Å². The summed E-state index contributed by atoms with van der Waals surface area (Å²) in [6, 6.07) is 32.2. The molecule has 15 heteroatoms. The standard InChI is InChI=1S/C14H20O3.C14H18O2.C12H14O4.C12H16O2.C12H10.C8H10O4/c1-9(2)12(15)17-14-6-10-3-11(7-14)5-13(16,4-10)8-14;1-5-14(4,16-13(15)11(2)3)12-9-7-6-8-10-12;1-5(2)11(13)15-9-6-3-7-8(4-6)12(14)16-10(7)9;1-4-11-6-8-12(9-7-11)14-10(3)13-5-2;1-2-10-7-8-11-5-3-4-6-12(11)9-10;1-5(2)7(9)12-6-3-4-11-8(6)10/h10-11,16H,1,3-8H2,2H3;6-10H,2,5H2,1,3-4H3;6-10H,1,3-4H2,2H3;4,6-10H,1,5H2,2-3H3;2-9H,1H2;6H,1,3-4H2,2H3. The molecule has 0 radical (unpaired) electrons. The molecule has 6 bridgehead atoms. The van der Waals surface area contributed by atoms with Crippen LogP contribution in [0.3, 0.4) is 0 Å². The summed E-state index contributed by atoms with van der Waals surface area (Å²) in [6.45, 7) is 36.8. The van der Waals surface area contributed by atoms with Gasteiger partial charge in [0.15, 0.2) is 6.29 Å². The number of hydrogen-bond donors (Lipinski definition) is 1. The second kappa shape index (κ2) is 30.7. The highest BCUT2D eigenvalue weighted by Gasteiger charge is 2.63. The minimum atomic E-state index is -0.728. The fourth-order valence-corrected chi connectivity index (χ4v) is 12.5. The van der Waals surface area contributed by atoms with Gasteiger partial charge in [-0.3, -0.25) is 4.79 Å². The molecule has 8 aliphatic rings. The van der Waals surface area contributed by atoms with E-state index in [9.17, 15) is 33.9 Å². The molecular formula is C72H88O15. The van der Waals surface area contributed by atoms with Crippen LogP contribution in [0.5, 0.6) is 5.75 Å². The molecule has 87 heavy (non-hydrogen) atoms. The predicted octanol–water partition coefficient (Wildman–Crippen LogP) is 13.7. The average Bonchev–Trinajstić information content (AvgIpc) is 1.75. The Kier molecular flexibility index (Phi) is 24.0. The molecule has 2 heterocycles. The van der Waals surface area contributed by atoms with Crippen LogP contribution in [0.4, 0.5) is 0 Å². The van der Waals surface area contributed by atoms with Gasteiger partial charge in [0, 0.05) is 53.6 Å². The van der Waals surface area contributed by atoms with E-state index in [2.05, 4.69) is 86.7 Å². The van der Waals surface area contributed by atoms with Gasteiger partial charge >= 0.3 is 35.8 Å². The zero-order valence-corrected chi connectivity index (χ0v) is 52.0. The van der Waals surface area contributed by atoms with Gasteiger partial charge in [-0.15, -0.1) is 0 Å². The third-order valence-corrected chi connectivity index (χ3v) is 16.7. The Morgan fingerprint density at radius 3 is 1.82 bits per heavy atom. The number of esters is 6. The number of carbonyl (C=O) groups is 6. The van der Waals surface area contributed by atoms with Crippen LogP contribution in [0.1, 0.15) is 136 Å². The molecule has 6 aliphatic carbocycles. The van der Waals surface area contributed by atoms with E-state index in [1.807, 2.05) is 88.4 Å². The lowest BCUT2D eigenvalue weighted by atomic mass is 9.52. The van der Waals surface area contributed by atoms with Crippen LogP contribution in [-0.2, 0) is 67.5 Å². The first-order valence-corrected chi connectivity index (χ1v) is 30.0. The molecular weight excluding hydrogens is 1100 g/mol. The molecule has 2 saturated heterocycles. The first-order chi connectivity index (χ1) is 41.2. The SMILES string of the molecule is C=C(C)C(=O)OC(C)(CC)c1ccccc1.C=C(C)C(=O)OC12CC3CC(CC(O)(C3)C1)C2.C=C(C)C(=O)OC1C2CC3C(=O)OC1C3C2.C=C(C)C(=O)OC1CCOC1=O.C=Cc1ccc(OC(C)OCC)cc1.C=Cc1ccc2ccccc2c1. The fourth-order valence-electron chi connectivity index (χ4n) is 12.5. The summed E-state index contributed by atoms with van der Waals surface area (Å²) in [5.74, 6) is 0.412. The van der Waals surface area contributed by atoms with E-state index in [1.54, 1.807) is 26.8 Å². The van der Waals surface area contributed by atoms with E-state index < -0.39 is 34.8 Å². The van der Waals surface area contributed by atoms with Crippen LogP contribution in [0, 0.1) is 29.6 Å². The third kappa shape index (κ3) is 18.6. The zero-order chi connectivity index (χ0) is 63.8. The predicted molar refractivity (Wildman–Crippen MR) is 335 cm³/mol. The zero-order valence-electron chi connectivity index (χ0n) is 52.0. The lowest BCUT2D eigenvalue weighted by molar-refractivity contribution is -0.217. The van der Waals surface area contributed by atoms with Gasteiger partial charge in [-0.1, -0.05) is 137 Å². The monoisotopic (exact) mass is 1190 g/mol. The van der Waals surface area contributed by atoms with Crippen LogP contribution in [-0.4, -0.2) is 89.9 Å². The summed E-state index contributed by atoms with van der Waals surface area (Å²) in [4.78, 5) is 68.0. The van der Waals surface area contributed by atoms with Gasteiger partial charge in [0.25, 0.3) is 0 Å². The van der Waals surface area contributed by atoms with Gasteiger partial charge in [0.2, 0.25) is 6.10 Å². The van der Waals surface area contributed by atoms with Gasteiger partial charge in [-0.2, -0.15) is 0 Å². The highest BCUT2D eigenvalue weighted by atomic mass is 16.7. The lowest BCUT2D eigenvalue weighted by Gasteiger charge is -2.59. The second-order valence-corrected chi connectivity index (χ2v) is 24.1. The molecule has 10 atom stereocenters. The highest BCUT2D eigenvalue weighted by molar-refractivity contribution is 5.90. The lowest BCUT2D eigenvalue weighted by Crippen LogP contribution is -2.60. The summed E-state index contributed by atoms with van der Waals surface area (Å²) in [6.07, 6.45) is 10.8. The molecule has 2 aliphatic heterocycles. The van der Waals surface area contributed by atoms with Crippen molar-refractivity contribution in [3.8, 4) is 5.75 Å². The summed E-state index contributed by atoms with van der Waals surface area (Å²) in [7, 11) is 0. The Morgan fingerprint density at radius 1 is 0.701 bits per heavy atom. The van der Waals surface area contributed by atoms with Crippen molar-refractivity contribution in [2.45, 2.75) is 161 Å². The van der Waals surface area contributed by atoms with E-state index >= 15 is 0 Å². The van der Waals surface area contributed by atoms with E-state index in [0.717, 1.165) is 61.8 Å². The van der Waals surface area contributed by atoms with Crippen molar-refractivity contribution in [1.29, 1.82) is 0 Å². The Bertz CT molecular complexity index is 3140. The molecule has 15 nitrogen and oxygen atoms in total. The minimum absolute atomic E-state index is 0.0646. The van der Waals surface area contributed by atoms with Crippen molar-refractivity contribution >= 4 is 58.7 Å². The largest absolute Gasteiger partial charge is 0.465 e. The van der Waals surface area contributed by atoms with Crippen LogP contribution >= 0.6 is 0 Å². The molecule has 0 spiro atoms. The van der Waals surface area contributed by atoms with E-state index in [1.165, 1.54) is 29.7 Å². The van der Waals surface area contributed by atoms with Gasteiger partial charge < -0.3 is 43.0 Å². The normalized spacial score (nSPS) is 26.0. The Hall–Kier alpha value is -7.88. The number of carbonyl (C=O) groups excluding carboxylic acids is 6. The maximum absolute atomic E-state index is 11.7. The van der Waals surface area contributed by atoms with Crippen molar-refractivity contribution in [2.24, 2.45) is 29.6 Å². The smallest absolute Gasteiger partial charge is 0.347 e.